The number of likely N-dealkylation sites (tertiary alicyclic amines) is 1. The predicted molar refractivity (Wildman–Crippen MR) is 76.9 cm³/mol. The van der Waals surface area contributed by atoms with E-state index in [4.69, 9.17) is 9.84 Å². The van der Waals surface area contributed by atoms with Gasteiger partial charge in [-0.2, -0.15) is 0 Å². The molecule has 0 aromatic heterocycles. The van der Waals surface area contributed by atoms with Gasteiger partial charge in [0.1, 0.15) is 11.4 Å². The second-order valence-electron chi connectivity index (χ2n) is 5.71. The summed E-state index contributed by atoms with van der Waals surface area (Å²) in [5.74, 6) is 0.194. The average molecular weight is 273 g/mol. The van der Waals surface area contributed by atoms with Crippen molar-refractivity contribution < 1.29 is 14.6 Å². The molecule has 2 aliphatic rings. The molecule has 1 atom stereocenters. The highest BCUT2D eigenvalue weighted by molar-refractivity contribution is 5.67. The van der Waals surface area contributed by atoms with Crippen LogP contribution in [0.1, 0.15) is 24.0 Å². The van der Waals surface area contributed by atoms with Gasteiger partial charge in [-0.15, -0.1) is 0 Å². The molecule has 2 aliphatic heterocycles. The number of benzene rings is 1. The third kappa shape index (κ3) is 2.56. The minimum atomic E-state index is -0.743. The van der Waals surface area contributed by atoms with Crippen LogP contribution in [0.3, 0.4) is 0 Å². The van der Waals surface area contributed by atoms with E-state index in [1.807, 2.05) is 0 Å². The second-order valence-corrected chi connectivity index (χ2v) is 5.71. The zero-order chi connectivity index (χ0) is 14.2. The fourth-order valence-corrected chi connectivity index (χ4v) is 2.91. The molecule has 0 saturated carbocycles. The Hall–Kier alpha value is -1.81. The van der Waals surface area contributed by atoms with Crippen LogP contribution in [0.5, 0.6) is 5.75 Å². The van der Waals surface area contributed by atoms with Gasteiger partial charge in [0.25, 0.3) is 0 Å². The molecule has 0 aliphatic carbocycles. The summed E-state index contributed by atoms with van der Waals surface area (Å²) in [4.78, 5) is 12.8. The van der Waals surface area contributed by atoms with Gasteiger partial charge in [0, 0.05) is 31.6 Å². The number of carboxylic acids is 1. The van der Waals surface area contributed by atoms with E-state index in [1.165, 1.54) is 5.56 Å². The topological polar surface area (TPSA) is 49.8 Å². The Morgan fingerprint density at radius 1 is 1.50 bits per heavy atom. The van der Waals surface area contributed by atoms with E-state index < -0.39 is 5.97 Å². The SMILES string of the molecule is Cc1ccc2c(c1)OC1(C=C2)CCN(CCC(=O)O)C1. The molecule has 1 spiro atoms. The van der Waals surface area contributed by atoms with Crippen LogP contribution in [0, 0.1) is 6.92 Å². The van der Waals surface area contributed by atoms with Crippen LogP contribution in [0.2, 0.25) is 0 Å². The van der Waals surface area contributed by atoms with Crippen LogP contribution in [-0.2, 0) is 4.79 Å². The monoisotopic (exact) mass is 273 g/mol. The Kier molecular flexibility index (Phi) is 3.26. The summed E-state index contributed by atoms with van der Waals surface area (Å²) in [6, 6.07) is 6.23. The Morgan fingerprint density at radius 3 is 3.15 bits per heavy atom. The molecule has 0 bridgehead atoms. The van der Waals surface area contributed by atoms with Crippen molar-refractivity contribution in [1.29, 1.82) is 0 Å². The summed E-state index contributed by atoms with van der Waals surface area (Å²) in [7, 11) is 0. The van der Waals surface area contributed by atoms with Crippen molar-refractivity contribution in [3.63, 3.8) is 0 Å². The Bertz CT molecular complexity index is 567. The first-order valence-electron chi connectivity index (χ1n) is 6.99. The number of hydrogen-bond acceptors (Lipinski definition) is 3. The van der Waals surface area contributed by atoms with Crippen molar-refractivity contribution in [3.8, 4) is 5.75 Å². The third-order valence-electron chi connectivity index (χ3n) is 4.03. The van der Waals surface area contributed by atoms with Crippen LogP contribution in [-0.4, -0.2) is 41.2 Å². The zero-order valence-corrected chi connectivity index (χ0v) is 11.6. The van der Waals surface area contributed by atoms with E-state index in [9.17, 15) is 4.79 Å². The van der Waals surface area contributed by atoms with Crippen molar-refractivity contribution in [2.45, 2.75) is 25.4 Å². The standard InChI is InChI=1S/C16H19NO3/c1-12-2-3-13-4-6-16(20-14(13)10-12)7-9-17(11-16)8-5-15(18)19/h2-4,6,10H,5,7-9,11H2,1H3,(H,18,19). The maximum Gasteiger partial charge on any atom is 0.304 e. The molecule has 1 aromatic carbocycles. The summed E-state index contributed by atoms with van der Waals surface area (Å²) < 4.78 is 6.22. The van der Waals surface area contributed by atoms with Gasteiger partial charge >= 0.3 is 5.97 Å². The van der Waals surface area contributed by atoms with Crippen LogP contribution in [0.15, 0.2) is 24.3 Å². The van der Waals surface area contributed by atoms with Crippen LogP contribution in [0.25, 0.3) is 6.08 Å². The van der Waals surface area contributed by atoms with E-state index >= 15 is 0 Å². The molecule has 1 unspecified atom stereocenters. The van der Waals surface area contributed by atoms with Crippen molar-refractivity contribution in [1.82, 2.24) is 4.90 Å². The van der Waals surface area contributed by atoms with Crippen molar-refractivity contribution in [2.24, 2.45) is 0 Å². The molecule has 20 heavy (non-hydrogen) atoms. The van der Waals surface area contributed by atoms with E-state index in [0.29, 0.717) is 6.54 Å². The Labute approximate surface area is 118 Å². The van der Waals surface area contributed by atoms with Crippen molar-refractivity contribution in [2.75, 3.05) is 19.6 Å². The second kappa shape index (κ2) is 4.94. The maximum absolute atomic E-state index is 10.7. The number of carboxylic acid groups (broad SMARTS) is 1. The molecule has 4 nitrogen and oxygen atoms in total. The Morgan fingerprint density at radius 2 is 2.35 bits per heavy atom. The van der Waals surface area contributed by atoms with Gasteiger partial charge in [-0.3, -0.25) is 9.69 Å². The number of ether oxygens (including phenoxy) is 1. The summed E-state index contributed by atoms with van der Waals surface area (Å²) >= 11 is 0. The maximum atomic E-state index is 10.7. The fraction of sp³-hybridized carbons (Fsp3) is 0.438. The van der Waals surface area contributed by atoms with E-state index in [-0.39, 0.29) is 12.0 Å². The fourth-order valence-electron chi connectivity index (χ4n) is 2.91. The smallest absolute Gasteiger partial charge is 0.304 e. The minimum absolute atomic E-state index is 0.190. The molecule has 1 aromatic rings. The number of aliphatic carboxylic acids is 1. The quantitative estimate of drug-likeness (QED) is 0.918. The van der Waals surface area contributed by atoms with E-state index in [2.05, 4.69) is 42.2 Å². The molecule has 4 heteroatoms. The first-order chi connectivity index (χ1) is 9.56. The van der Waals surface area contributed by atoms with E-state index in [0.717, 1.165) is 30.8 Å². The lowest BCUT2D eigenvalue weighted by Crippen LogP contribution is -2.39. The van der Waals surface area contributed by atoms with E-state index in [1.54, 1.807) is 0 Å². The van der Waals surface area contributed by atoms with Crippen molar-refractivity contribution >= 4 is 12.0 Å². The molecule has 106 valence electrons. The molecule has 0 amide bonds. The van der Waals surface area contributed by atoms with Gasteiger partial charge in [-0.25, -0.2) is 0 Å². The zero-order valence-electron chi connectivity index (χ0n) is 11.6. The lowest BCUT2D eigenvalue weighted by molar-refractivity contribution is -0.137. The molecule has 3 rings (SSSR count). The van der Waals surface area contributed by atoms with Gasteiger partial charge in [0.05, 0.1) is 6.42 Å². The summed E-state index contributed by atoms with van der Waals surface area (Å²) in [5, 5.41) is 8.76. The molecule has 0 radical (unpaired) electrons. The third-order valence-corrected chi connectivity index (χ3v) is 4.03. The van der Waals surface area contributed by atoms with Gasteiger partial charge < -0.3 is 9.84 Å². The Balaban J connectivity index is 1.72. The van der Waals surface area contributed by atoms with Crippen LogP contribution >= 0.6 is 0 Å². The number of aryl methyl sites for hydroxylation is 1. The van der Waals surface area contributed by atoms with Gasteiger partial charge in [-0.05, 0) is 24.6 Å². The van der Waals surface area contributed by atoms with Crippen LogP contribution in [0.4, 0.5) is 0 Å². The molecule has 1 N–H and O–H groups in total. The molecule has 2 heterocycles. The highest BCUT2D eigenvalue weighted by Crippen LogP contribution is 2.36. The number of hydrogen-bond donors (Lipinski definition) is 1. The molecular weight excluding hydrogens is 254 g/mol. The van der Waals surface area contributed by atoms with Gasteiger partial charge in [0.15, 0.2) is 0 Å². The number of rotatable bonds is 3. The lowest BCUT2D eigenvalue weighted by Gasteiger charge is -2.31. The summed E-state index contributed by atoms with van der Waals surface area (Å²) in [6.07, 6.45) is 5.36. The largest absolute Gasteiger partial charge is 0.481 e. The van der Waals surface area contributed by atoms with Crippen molar-refractivity contribution in [3.05, 3.63) is 35.4 Å². The minimum Gasteiger partial charge on any atom is -0.481 e. The highest BCUT2D eigenvalue weighted by Gasteiger charge is 2.39. The average Bonchev–Trinajstić information content (AvgIpc) is 2.79. The predicted octanol–water partition coefficient (Wildman–Crippen LogP) is 2.32. The molecule has 1 saturated heterocycles. The first kappa shape index (κ1) is 13.2. The number of nitrogens with zero attached hydrogens (tertiary/aromatic N) is 1. The van der Waals surface area contributed by atoms with Crippen LogP contribution < -0.4 is 4.74 Å². The first-order valence-corrected chi connectivity index (χ1v) is 6.99. The summed E-state index contributed by atoms with van der Waals surface area (Å²) in [5.41, 5.74) is 2.03. The normalized spacial score (nSPS) is 24.6. The number of fused-ring (bicyclic) bond motifs is 1. The highest BCUT2D eigenvalue weighted by atomic mass is 16.5. The van der Waals surface area contributed by atoms with Gasteiger partial charge in [-0.1, -0.05) is 18.2 Å². The summed E-state index contributed by atoms with van der Waals surface area (Å²) in [6.45, 7) is 4.31. The lowest BCUT2D eigenvalue weighted by atomic mass is 9.97. The molecular formula is C16H19NO3. The van der Waals surface area contributed by atoms with Gasteiger partial charge in [0.2, 0.25) is 0 Å². The molecule has 1 fully saturated rings. The number of carbonyl (C=O) groups is 1.